The lowest BCUT2D eigenvalue weighted by Crippen LogP contribution is -2.41. The molecule has 9 heteroatoms. The molecule has 0 unspecified atom stereocenters. The third-order valence-electron chi connectivity index (χ3n) is 4.63. The number of carbonyl (C=O) groups is 2. The van der Waals surface area contributed by atoms with Crippen LogP contribution < -0.4 is 22.3 Å². The number of hydrogen-bond donors (Lipinski definition) is 2. The summed E-state index contributed by atoms with van der Waals surface area (Å²) < 4.78 is 2.34. The number of amides is 2. The molecule has 0 fully saturated rings. The van der Waals surface area contributed by atoms with Crippen LogP contribution in [0, 0.1) is 13.8 Å². The molecule has 3 N–H and O–H groups in total. The smallest absolute Gasteiger partial charge is 0.331 e. The number of anilines is 1. The van der Waals surface area contributed by atoms with Crippen molar-refractivity contribution in [3.05, 3.63) is 61.1 Å². The van der Waals surface area contributed by atoms with E-state index in [4.69, 9.17) is 5.73 Å². The number of benzene rings is 1. The zero-order chi connectivity index (χ0) is 20.6. The van der Waals surface area contributed by atoms with Crippen LogP contribution in [0.4, 0.5) is 5.00 Å². The van der Waals surface area contributed by atoms with E-state index in [1.807, 2.05) is 6.92 Å². The van der Waals surface area contributed by atoms with Crippen molar-refractivity contribution in [2.75, 3.05) is 5.32 Å². The molecule has 0 aliphatic heterocycles. The van der Waals surface area contributed by atoms with Gasteiger partial charge in [0.1, 0.15) is 11.5 Å². The fourth-order valence-electron chi connectivity index (χ4n) is 3.12. The molecule has 1 aromatic carbocycles. The van der Waals surface area contributed by atoms with E-state index in [9.17, 15) is 19.2 Å². The van der Waals surface area contributed by atoms with Crippen molar-refractivity contribution in [1.29, 1.82) is 0 Å². The summed E-state index contributed by atoms with van der Waals surface area (Å²) in [5, 5.41) is 3.39. The Morgan fingerprint density at radius 1 is 1.14 bits per heavy atom. The number of thiophene rings is 1. The molecule has 0 aliphatic carbocycles. The molecule has 8 nitrogen and oxygen atoms in total. The fraction of sp³-hybridized carbons (Fsp3) is 0.263. The minimum atomic E-state index is -0.626. The highest BCUT2D eigenvalue weighted by Crippen LogP contribution is 2.32. The van der Waals surface area contributed by atoms with Crippen LogP contribution in [0.15, 0.2) is 33.9 Å². The van der Waals surface area contributed by atoms with E-state index in [-0.39, 0.29) is 24.2 Å². The quantitative estimate of drug-likeness (QED) is 0.676. The Morgan fingerprint density at radius 2 is 1.82 bits per heavy atom. The summed E-state index contributed by atoms with van der Waals surface area (Å²) in [6.45, 7) is 5.18. The van der Waals surface area contributed by atoms with Gasteiger partial charge >= 0.3 is 5.69 Å². The van der Waals surface area contributed by atoms with E-state index in [0.29, 0.717) is 15.9 Å². The summed E-state index contributed by atoms with van der Waals surface area (Å²) in [6, 6.07) is 6.65. The molecule has 3 aromatic rings. The number of para-hydroxylation sites is 1. The summed E-state index contributed by atoms with van der Waals surface area (Å²) in [6.07, 6.45) is 0. The molecule has 2 amide bonds. The molecule has 0 spiro atoms. The summed E-state index contributed by atoms with van der Waals surface area (Å²) in [4.78, 5) is 50.5. The van der Waals surface area contributed by atoms with Crippen molar-refractivity contribution in [2.45, 2.75) is 33.9 Å². The van der Waals surface area contributed by atoms with E-state index >= 15 is 0 Å². The van der Waals surface area contributed by atoms with Gasteiger partial charge in [-0.25, -0.2) is 4.79 Å². The van der Waals surface area contributed by atoms with Gasteiger partial charge in [0.2, 0.25) is 5.91 Å². The second-order valence-electron chi connectivity index (χ2n) is 6.34. The number of nitrogens with one attached hydrogen (secondary N) is 1. The van der Waals surface area contributed by atoms with E-state index in [2.05, 4.69) is 5.32 Å². The molecular weight excluding hydrogens is 380 g/mol. The molecule has 2 aromatic heterocycles. The maximum Gasteiger partial charge on any atom is 0.331 e. The van der Waals surface area contributed by atoms with Gasteiger partial charge < -0.3 is 11.1 Å². The van der Waals surface area contributed by atoms with E-state index in [0.717, 1.165) is 15.0 Å². The summed E-state index contributed by atoms with van der Waals surface area (Å²) in [5.41, 5.74) is 5.85. The van der Waals surface area contributed by atoms with Crippen LogP contribution in [0.2, 0.25) is 0 Å². The van der Waals surface area contributed by atoms with E-state index in [1.165, 1.54) is 15.9 Å². The number of hydrogen-bond acceptors (Lipinski definition) is 5. The highest BCUT2D eigenvalue weighted by Gasteiger charge is 2.20. The summed E-state index contributed by atoms with van der Waals surface area (Å²) >= 11 is 1.25. The van der Waals surface area contributed by atoms with Crippen molar-refractivity contribution in [3.63, 3.8) is 0 Å². The van der Waals surface area contributed by atoms with E-state index in [1.54, 1.807) is 38.1 Å². The zero-order valence-electron chi connectivity index (χ0n) is 15.7. The first-order valence-electron chi connectivity index (χ1n) is 8.68. The van der Waals surface area contributed by atoms with Gasteiger partial charge in [0.15, 0.2) is 0 Å². The van der Waals surface area contributed by atoms with Gasteiger partial charge in [0, 0.05) is 11.4 Å². The lowest BCUT2D eigenvalue weighted by molar-refractivity contribution is -0.116. The Kier molecular flexibility index (Phi) is 5.19. The van der Waals surface area contributed by atoms with Gasteiger partial charge in [0.05, 0.1) is 16.5 Å². The summed E-state index contributed by atoms with van der Waals surface area (Å²) in [5.74, 6) is -1.11. The van der Waals surface area contributed by atoms with Crippen molar-refractivity contribution in [1.82, 2.24) is 9.13 Å². The zero-order valence-corrected chi connectivity index (χ0v) is 16.6. The number of aryl methyl sites for hydroxylation is 1. The van der Waals surface area contributed by atoms with Gasteiger partial charge in [-0.05, 0) is 38.5 Å². The van der Waals surface area contributed by atoms with Crippen LogP contribution >= 0.6 is 11.3 Å². The Hall–Kier alpha value is -3.20. The normalized spacial score (nSPS) is 11.0. The third kappa shape index (κ3) is 3.24. The molecule has 0 aliphatic rings. The number of nitrogens with two attached hydrogens (primary N) is 1. The van der Waals surface area contributed by atoms with Crippen molar-refractivity contribution in [2.24, 2.45) is 5.73 Å². The van der Waals surface area contributed by atoms with Crippen LogP contribution in [-0.2, 0) is 17.9 Å². The van der Waals surface area contributed by atoms with Crippen LogP contribution in [0.25, 0.3) is 10.9 Å². The number of aromatic nitrogens is 2. The van der Waals surface area contributed by atoms with Crippen molar-refractivity contribution in [3.8, 4) is 0 Å². The highest BCUT2D eigenvalue weighted by molar-refractivity contribution is 7.16. The highest BCUT2D eigenvalue weighted by atomic mass is 32.1. The van der Waals surface area contributed by atoms with Crippen LogP contribution in [0.1, 0.15) is 27.7 Å². The second-order valence-corrected chi connectivity index (χ2v) is 7.56. The number of primary amides is 1. The predicted octanol–water partition coefficient (Wildman–Crippen LogP) is 1.60. The molecule has 0 bridgehead atoms. The Balaban J connectivity index is 2.04. The molecular formula is C19H20N4O4S. The number of fused-ring (bicyclic) bond motifs is 1. The molecule has 0 saturated heterocycles. The number of carbonyl (C=O) groups excluding carboxylic acids is 2. The SMILES string of the molecule is CCn1c(=O)c2ccccc2n(CC(=O)Nc2sc(C)c(C)c2C(N)=O)c1=O. The van der Waals surface area contributed by atoms with Gasteiger partial charge in [-0.2, -0.15) is 0 Å². The molecule has 28 heavy (non-hydrogen) atoms. The maximum absolute atomic E-state index is 12.7. The second kappa shape index (κ2) is 7.43. The largest absolute Gasteiger partial charge is 0.365 e. The topological polar surface area (TPSA) is 116 Å². The van der Waals surface area contributed by atoms with Crippen LogP contribution in [-0.4, -0.2) is 20.9 Å². The molecule has 0 atom stereocenters. The minimum absolute atomic E-state index is 0.194. The standard InChI is InChI=1S/C19H20N4O4S/c1-4-22-18(26)12-7-5-6-8-13(12)23(19(22)27)9-14(24)21-17-15(16(20)25)10(2)11(3)28-17/h5-8H,4,9H2,1-3H3,(H2,20,25)(H,21,24). The Labute approximate surface area is 164 Å². The minimum Gasteiger partial charge on any atom is -0.365 e. The third-order valence-corrected chi connectivity index (χ3v) is 5.76. The fourth-order valence-corrected chi connectivity index (χ4v) is 4.21. The molecule has 0 radical (unpaired) electrons. The maximum atomic E-state index is 12.7. The molecule has 2 heterocycles. The Bertz CT molecular complexity index is 1220. The molecule has 3 rings (SSSR count). The first kappa shape index (κ1) is 19.6. The number of nitrogens with zero attached hydrogens (tertiary/aromatic N) is 2. The van der Waals surface area contributed by atoms with Gasteiger partial charge in [-0.1, -0.05) is 12.1 Å². The number of rotatable bonds is 5. The van der Waals surface area contributed by atoms with Crippen LogP contribution in [0.5, 0.6) is 0 Å². The Morgan fingerprint density at radius 3 is 2.46 bits per heavy atom. The first-order valence-corrected chi connectivity index (χ1v) is 9.49. The lowest BCUT2D eigenvalue weighted by Gasteiger charge is -2.13. The monoisotopic (exact) mass is 400 g/mol. The average molecular weight is 400 g/mol. The van der Waals surface area contributed by atoms with Gasteiger partial charge in [0.25, 0.3) is 11.5 Å². The first-order chi connectivity index (χ1) is 13.3. The predicted molar refractivity (Wildman–Crippen MR) is 109 cm³/mol. The van der Waals surface area contributed by atoms with Crippen molar-refractivity contribution < 1.29 is 9.59 Å². The molecule has 0 saturated carbocycles. The van der Waals surface area contributed by atoms with Gasteiger partial charge in [-0.15, -0.1) is 11.3 Å². The van der Waals surface area contributed by atoms with Crippen molar-refractivity contribution >= 4 is 39.1 Å². The van der Waals surface area contributed by atoms with Gasteiger partial charge in [-0.3, -0.25) is 23.5 Å². The van der Waals surface area contributed by atoms with E-state index < -0.39 is 17.5 Å². The lowest BCUT2D eigenvalue weighted by atomic mass is 10.1. The molecule has 146 valence electrons. The average Bonchev–Trinajstić information content (AvgIpc) is 2.92. The van der Waals surface area contributed by atoms with Crippen LogP contribution in [0.3, 0.4) is 0 Å². The summed E-state index contributed by atoms with van der Waals surface area (Å²) in [7, 11) is 0.